The Balaban J connectivity index is 0.00000364. The number of halogens is 2. The van der Waals surface area contributed by atoms with Gasteiger partial charge in [-0.3, -0.25) is 4.99 Å². The number of nitriles is 1. The quantitative estimate of drug-likeness (QED) is 0.271. The smallest absolute Gasteiger partial charge is 0.191 e. The Morgan fingerprint density at radius 3 is 2.48 bits per heavy atom. The zero-order valence-electron chi connectivity index (χ0n) is 15.5. The van der Waals surface area contributed by atoms with Crippen LogP contribution in [-0.2, 0) is 6.42 Å². The minimum absolute atomic E-state index is 0. The van der Waals surface area contributed by atoms with E-state index in [2.05, 4.69) is 16.2 Å². The van der Waals surface area contributed by atoms with Crippen LogP contribution in [0.15, 0.2) is 29.3 Å². The van der Waals surface area contributed by atoms with Crippen LogP contribution in [-0.4, -0.2) is 40.3 Å². The van der Waals surface area contributed by atoms with Crippen LogP contribution in [0.3, 0.4) is 0 Å². The molecular weight excluding hydrogens is 460 g/mol. The van der Waals surface area contributed by atoms with Gasteiger partial charge >= 0.3 is 0 Å². The molecule has 0 spiro atoms. The Kier molecular flexibility index (Phi) is 9.00. The van der Waals surface area contributed by atoms with Crippen LogP contribution in [0.4, 0.5) is 10.2 Å². The predicted octanol–water partition coefficient (Wildman–Crippen LogP) is 2.67. The molecule has 0 aliphatic heterocycles. The van der Waals surface area contributed by atoms with Gasteiger partial charge in [-0.2, -0.15) is 10.4 Å². The molecule has 0 aliphatic carbocycles. The van der Waals surface area contributed by atoms with Crippen LogP contribution in [0.2, 0.25) is 0 Å². The Hall–Kier alpha value is -2.35. The largest absolute Gasteiger partial charge is 0.382 e. The maximum Gasteiger partial charge on any atom is 0.191 e. The molecule has 0 aliphatic rings. The Labute approximate surface area is 175 Å². The van der Waals surface area contributed by atoms with E-state index in [0.29, 0.717) is 42.3 Å². The molecule has 0 saturated carbocycles. The van der Waals surface area contributed by atoms with E-state index in [1.807, 2.05) is 18.7 Å². The number of nitrogen functional groups attached to an aromatic ring is 1. The van der Waals surface area contributed by atoms with Crippen molar-refractivity contribution in [1.29, 1.82) is 5.26 Å². The van der Waals surface area contributed by atoms with Gasteiger partial charge in [0.1, 0.15) is 23.3 Å². The molecule has 2 aromatic rings. The average Bonchev–Trinajstić information content (AvgIpc) is 2.96. The first kappa shape index (κ1) is 22.7. The molecule has 0 fully saturated rings. The summed E-state index contributed by atoms with van der Waals surface area (Å²) in [6, 6.07) is 7.89. The van der Waals surface area contributed by atoms with Gasteiger partial charge < -0.3 is 16.4 Å². The molecular formula is C18H25FIN7. The SMILES string of the molecule is CCN(CC)C(N)=NCCCc1nn(-c2ccc(F)cc2)c(N)c1C#N.I. The monoisotopic (exact) mass is 485 g/mol. The van der Waals surface area contributed by atoms with Crippen molar-refractivity contribution in [1.82, 2.24) is 14.7 Å². The second kappa shape index (κ2) is 10.7. The van der Waals surface area contributed by atoms with Crippen molar-refractivity contribution in [3.8, 4) is 11.8 Å². The van der Waals surface area contributed by atoms with Crippen molar-refractivity contribution < 1.29 is 4.39 Å². The first-order valence-electron chi connectivity index (χ1n) is 8.60. The van der Waals surface area contributed by atoms with Gasteiger partial charge in [-0.05, 0) is 51.0 Å². The van der Waals surface area contributed by atoms with Crippen LogP contribution < -0.4 is 11.5 Å². The van der Waals surface area contributed by atoms with Crippen LogP contribution >= 0.6 is 24.0 Å². The van der Waals surface area contributed by atoms with Crippen LogP contribution in [0, 0.1) is 17.1 Å². The standard InChI is InChI=1S/C18H24FN7.HI/c1-3-25(4-2)18(22)23-11-5-6-16-15(12-20)17(21)26(24-16)14-9-7-13(19)8-10-14;/h7-10H,3-6,11,21H2,1-2H3,(H2,22,23);1H. The molecule has 0 saturated heterocycles. The van der Waals surface area contributed by atoms with E-state index in [9.17, 15) is 9.65 Å². The van der Waals surface area contributed by atoms with Crippen molar-refractivity contribution in [2.45, 2.75) is 26.7 Å². The molecule has 0 unspecified atom stereocenters. The van der Waals surface area contributed by atoms with E-state index in [-0.39, 0.29) is 35.6 Å². The fourth-order valence-electron chi connectivity index (χ4n) is 2.64. The van der Waals surface area contributed by atoms with Crippen LogP contribution in [0.5, 0.6) is 0 Å². The molecule has 1 aromatic carbocycles. The summed E-state index contributed by atoms with van der Waals surface area (Å²) in [7, 11) is 0. The van der Waals surface area contributed by atoms with Gasteiger partial charge in [0.15, 0.2) is 5.96 Å². The van der Waals surface area contributed by atoms with E-state index in [0.717, 1.165) is 13.1 Å². The van der Waals surface area contributed by atoms with Crippen LogP contribution in [0.1, 0.15) is 31.5 Å². The molecule has 7 nitrogen and oxygen atoms in total. The third kappa shape index (κ3) is 5.56. The Morgan fingerprint density at radius 2 is 1.93 bits per heavy atom. The van der Waals surface area contributed by atoms with Crippen LogP contribution in [0.25, 0.3) is 5.69 Å². The fraction of sp³-hybridized carbons (Fsp3) is 0.389. The van der Waals surface area contributed by atoms with Crippen molar-refractivity contribution in [2.24, 2.45) is 10.7 Å². The maximum atomic E-state index is 13.1. The van der Waals surface area contributed by atoms with Gasteiger partial charge in [-0.15, -0.1) is 24.0 Å². The first-order chi connectivity index (χ1) is 12.5. The topological polar surface area (TPSA) is 109 Å². The number of anilines is 1. The molecule has 4 N–H and O–H groups in total. The summed E-state index contributed by atoms with van der Waals surface area (Å²) in [6.07, 6.45) is 1.24. The summed E-state index contributed by atoms with van der Waals surface area (Å²) >= 11 is 0. The summed E-state index contributed by atoms with van der Waals surface area (Å²) in [5, 5.41) is 13.8. The second-order valence-corrected chi connectivity index (χ2v) is 5.72. The zero-order chi connectivity index (χ0) is 19.1. The molecule has 27 heavy (non-hydrogen) atoms. The highest BCUT2D eigenvalue weighted by Gasteiger charge is 2.16. The lowest BCUT2D eigenvalue weighted by Crippen LogP contribution is -2.37. The lowest BCUT2D eigenvalue weighted by atomic mass is 10.1. The molecule has 9 heteroatoms. The normalized spacial score (nSPS) is 11.0. The number of benzene rings is 1. The van der Waals surface area contributed by atoms with Gasteiger partial charge in [0.05, 0.1) is 11.4 Å². The highest BCUT2D eigenvalue weighted by Crippen LogP contribution is 2.21. The van der Waals surface area contributed by atoms with Crippen molar-refractivity contribution in [3.05, 3.63) is 41.3 Å². The number of nitrogens with two attached hydrogens (primary N) is 2. The number of guanidine groups is 1. The minimum Gasteiger partial charge on any atom is -0.382 e. The van der Waals surface area contributed by atoms with E-state index < -0.39 is 0 Å². The average molecular weight is 485 g/mol. The summed E-state index contributed by atoms with van der Waals surface area (Å²) in [5.74, 6) is 0.427. The van der Waals surface area contributed by atoms with E-state index in [1.165, 1.54) is 16.8 Å². The first-order valence-corrected chi connectivity index (χ1v) is 8.60. The molecule has 146 valence electrons. The molecule has 2 rings (SSSR count). The van der Waals surface area contributed by atoms with Crippen molar-refractivity contribution in [3.63, 3.8) is 0 Å². The van der Waals surface area contributed by atoms with Gasteiger partial charge in [-0.25, -0.2) is 9.07 Å². The maximum absolute atomic E-state index is 13.1. The number of nitrogens with zero attached hydrogens (tertiary/aromatic N) is 5. The third-order valence-electron chi connectivity index (χ3n) is 4.11. The fourth-order valence-corrected chi connectivity index (χ4v) is 2.64. The highest BCUT2D eigenvalue weighted by atomic mass is 127. The molecule has 0 radical (unpaired) electrons. The van der Waals surface area contributed by atoms with E-state index >= 15 is 0 Å². The van der Waals surface area contributed by atoms with Gasteiger partial charge in [0.25, 0.3) is 0 Å². The van der Waals surface area contributed by atoms with Gasteiger partial charge in [-0.1, -0.05) is 0 Å². The zero-order valence-corrected chi connectivity index (χ0v) is 17.9. The molecule has 0 amide bonds. The van der Waals surface area contributed by atoms with Crippen molar-refractivity contribution in [2.75, 3.05) is 25.4 Å². The number of aryl methyl sites for hydroxylation is 1. The lowest BCUT2D eigenvalue weighted by molar-refractivity contribution is 0.458. The summed E-state index contributed by atoms with van der Waals surface area (Å²) in [4.78, 5) is 6.34. The van der Waals surface area contributed by atoms with Gasteiger partial charge in [0, 0.05) is 19.6 Å². The third-order valence-corrected chi connectivity index (χ3v) is 4.11. The number of hydrogen-bond donors (Lipinski definition) is 2. The number of aromatic nitrogens is 2. The number of aliphatic imine (C=N–C) groups is 1. The second-order valence-electron chi connectivity index (χ2n) is 5.72. The predicted molar refractivity (Wildman–Crippen MR) is 116 cm³/mol. The summed E-state index contributed by atoms with van der Waals surface area (Å²) in [5.41, 5.74) is 13.5. The highest BCUT2D eigenvalue weighted by molar-refractivity contribution is 14.0. The van der Waals surface area contributed by atoms with E-state index in [4.69, 9.17) is 11.5 Å². The molecule has 0 bridgehead atoms. The van der Waals surface area contributed by atoms with Gasteiger partial charge in [0.2, 0.25) is 0 Å². The van der Waals surface area contributed by atoms with E-state index in [1.54, 1.807) is 12.1 Å². The number of rotatable bonds is 7. The summed E-state index contributed by atoms with van der Waals surface area (Å²) in [6.45, 7) is 6.20. The Morgan fingerprint density at radius 1 is 1.30 bits per heavy atom. The molecule has 1 heterocycles. The Bertz CT molecular complexity index is 804. The summed E-state index contributed by atoms with van der Waals surface area (Å²) < 4.78 is 14.6. The van der Waals surface area contributed by atoms with Crippen molar-refractivity contribution >= 4 is 35.8 Å². The molecule has 0 atom stereocenters. The number of hydrogen-bond acceptors (Lipinski definition) is 4. The minimum atomic E-state index is -0.344. The molecule has 1 aromatic heterocycles. The lowest BCUT2D eigenvalue weighted by Gasteiger charge is -2.19.